The Labute approximate surface area is 179 Å². The van der Waals surface area contributed by atoms with Crippen molar-refractivity contribution in [2.75, 3.05) is 25.0 Å². The van der Waals surface area contributed by atoms with Crippen molar-refractivity contribution in [3.8, 4) is 0 Å². The Morgan fingerprint density at radius 1 is 1.30 bits per heavy atom. The number of amides is 1. The summed E-state index contributed by atoms with van der Waals surface area (Å²) in [6.45, 7) is 3.79. The standard InChI is InChI=1S/C22H23ClFN5O/c1-14-12-19(27-18-6-3-9-25-18)28-20(26-14)13-15-7-10-29(11-8-15)22(30)16-4-2-5-17(23)21(16)24/h2-6,12,15H,7-11,13H2,1H3,(H,25,26,27,28). The van der Waals surface area contributed by atoms with Gasteiger partial charge in [0.25, 0.3) is 5.91 Å². The maximum absolute atomic E-state index is 14.2. The lowest BCUT2D eigenvalue weighted by Gasteiger charge is -2.32. The Balaban J connectivity index is 1.37. The monoisotopic (exact) mass is 427 g/mol. The summed E-state index contributed by atoms with van der Waals surface area (Å²) in [6.07, 6.45) is 6.31. The Morgan fingerprint density at radius 3 is 2.83 bits per heavy atom. The van der Waals surface area contributed by atoms with E-state index in [1.165, 1.54) is 12.1 Å². The average Bonchev–Trinajstić information content (AvgIpc) is 3.23. The summed E-state index contributed by atoms with van der Waals surface area (Å²) in [4.78, 5) is 27.9. The van der Waals surface area contributed by atoms with E-state index < -0.39 is 5.82 Å². The highest BCUT2D eigenvalue weighted by atomic mass is 35.5. The molecule has 3 heterocycles. The first-order valence-corrected chi connectivity index (χ1v) is 10.4. The molecule has 0 spiro atoms. The maximum Gasteiger partial charge on any atom is 0.256 e. The predicted molar refractivity (Wildman–Crippen MR) is 116 cm³/mol. The quantitative estimate of drug-likeness (QED) is 0.799. The molecule has 2 aliphatic rings. The largest absolute Gasteiger partial charge is 0.339 e. The van der Waals surface area contributed by atoms with Crippen LogP contribution in [-0.4, -0.2) is 46.2 Å². The van der Waals surface area contributed by atoms with Gasteiger partial charge in [0, 0.05) is 31.3 Å². The lowest BCUT2D eigenvalue weighted by molar-refractivity contribution is 0.0685. The molecule has 4 rings (SSSR count). The molecule has 0 unspecified atom stereocenters. The van der Waals surface area contributed by atoms with Gasteiger partial charge in [0.05, 0.1) is 17.1 Å². The zero-order valence-corrected chi connectivity index (χ0v) is 17.5. The van der Waals surface area contributed by atoms with Gasteiger partial charge in [-0.2, -0.15) is 0 Å². The molecule has 0 atom stereocenters. The van der Waals surface area contributed by atoms with Crippen LogP contribution in [0, 0.1) is 18.7 Å². The van der Waals surface area contributed by atoms with Crippen molar-refractivity contribution in [2.45, 2.75) is 26.2 Å². The van der Waals surface area contributed by atoms with E-state index in [-0.39, 0.29) is 16.5 Å². The first kappa shape index (κ1) is 20.5. The smallest absolute Gasteiger partial charge is 0.256 e. The molecular formula is C22H23ClFN5O. The predicted octanol–water partition coefficient (Wildman–Crippen LogP) is 4.05. The number of halogens is 2. The third kappa shape index (κ3) is 4.67. The summed E-state index contributed by atoms with van der Waals surface area (Å²) < 4.78 is 14.2. The number of hydrogen-bond acceptors (Lipinski definition) is 5. The molecule has 2 aliphatic heterocycles. The SMILES string of the molecule is Cc1cc(NC2=NCC=C2)nc(CC2CCN(C(=O)c3cccc(Cl)c3F)CC2)n1. The lowest BCUT2D eigenvalue weighted by Crippen LogP contribution is -2.39. The molecule has 6 nitrogen and oxygen atoms in total. The molecule has 30 heavy (non-hydrogen) atoms. The number of aromatic nitrogens is 2. The minimum Gasteiger partial charge on any atom is -0.339 e. The lowest BCUT2D eigenvalue weighted by atomic mass is 9.92. The molecule has 1 N–H and O–H groups in total. The van der Waals surface area contributed by atoms with Gasteiger partial charge in [-0.1, -0.05) is 23.7 Å². The maximum atomic E-state index is 14.2. The molecule has 2 aromatic rings. The summed E-state index contributed by atoms with van der Waals surface area (Å²) in [7, 11) is 0. The van der Waals surface area contributed by atoms with Gasteiger partial charge in [-0.15, -0.1) is 0 Å². The van der Waals surface area contributed by atoms with Crippen molar-refractivity contribution in [1.82, 2.24) is 14.9 Å². The zero-order chi connectivity index (χ0) is 21.1. The van der Waals surface area contributed by atoms with Gasteiger partial charge in [0.15, 0.2) is 5.82 Å². The van der Waals surface area contributed by atoms with Crippen molar-refractivity contribution < 1.29 is 9.18 Å². The van der Waals surface area contributed by atoms with E-state index in [1.807, 2.05) is 25.1 Å². The summed E-state index contributed by atoms with van der Waals surface area (Å²) >= 11 is 5.81. The van der Waals surface area contributed by atoms with E-state index >= 15 is 0 Å². The number of hydrogen-bond donors (Lipinski definition) is 1. The van der Waals surface area contributed by atoms with E-state index in [0.29, 0.717) is 25.6 Å². The Hall–Kier alpha value is -2.80. The van der Waals surface area contributed by atoms with Crippen molar-refractivity contribution in [2.24, 2.45) is 10.9 Å². The number of nitrogens with zero attached hydrogens (tertiary/aromatic N) is 4. The number of carbonyl (C=O) groups excluding carboxylic acids is 1. The molecule has 0 bridgehead atoms. The number of aryl methyl sites for hydroxylation is 1. The highest BCUT2D eigenvalue weighted by Gasteiger charge is 2.26. The van der Waals surface area contributed by atoms with Crippen LogP contribution in [-0.2, 0) is 6.42 Å². The number of piperidine rings is 1. The molecular weight excluding hydrogens is 405 g/mol. The minimum absolute atomic E-state index is 0.0301. The van der Waals surface area contributed by atoms with Crippen LogP contribution in [0.15, 0.2) is 41.4 Å². The molecule has 1 saturated heterocycles. The van der Waals surface area contributed by atoms with Gasteiger partial charge in [-0.05, 0) is 43.9 Å². The fraction of sp³-hybridized carbons (Fsp3) is 0.364. The fourth-order valence-corrected chi connectivity index (χ4v) is 3.98. The van der Waals surface area contributed by atoms with Crippen LogP contribution in [0.4, 0.5) is 10.2 Å². The number of nitrogens with one attached hydrogen (secondary N) is 1. The van der Waals surface area contributed by atoms with Crippen LogP contribution in [0.1, 0.15) is 34.7 Å². The summed E-state index contributed by atoms with van der Waals surface area (Å²) in [6, 6.07) is 6.42. The number of likely N-dealkylation sites (tertiary alicyclic amines) is 1. The van der Waals surface area contributed by atoms with Crippen LogP contribution >= 0.6 is 11.6 Å². The van der Waals surface area contributed by atoms with Crippen LogP contribution in [0.5, 0.6) is 0 Å². The van der Waals surface area contributed by atoms with Gasteiger partial charge < -0.3 is 10.2 Å². The topological polar surface area (TPSA) is 70.5 Å². The molecule has 1 fully saturated rings. The van der Waals surface area contributed by atoms with Crippen LogP contribution in [0.25, 0.3) is 0 Å². The molecule has 8 heteroatoms. The second kappa shape index (κ2) is 8.92. The van der Waals surface area contributed by atoms with Crippen LogP contribution in [0.3, 0.4) is 0 Å². The Kier molecular flexibility index (Phi) is 6.08. The Bertz CT molecular complexity index is 1010. The van der Waals surface area contributed by atoms with E-state index in [1.54, 1.807) is 11.0 Å². The summed E-state index contributed by atoms with van der Waals surface area (Å²) in [5.41, 5.74) is 0.927. The molecule has 1 aromatic heterocycles. The number of aliphatic imine (C=N–C) groups is 1. The average molecular weight is 428 g/mol. The first-order chi connectivity index (χ1) is 14.5. The molecule has 1 aromatic carbocycles. The highest BCUT2D eigenvalue weighted by molar-refractivity contribution is 6.31. The number of carbonyl (C=O) groups is 1. The third-order valence-corrected chi connectivity index (χ3v) is 5.65. The fourth-order valence-electron chi connectivity index (χ4n) is 3.80. The van der Waals surface area contributed by atoms with Gasteiger partial charge in [0.2, 0.25) is 0 Å². The van der Waals surface area contributed by atoms with Gasteiger partial charge in [0.1, 0.15) is 17.5 Å². The van der Waals surface area contributed by atoms with Gasteiger partial charge in [-0.25, -0.2) is 14.4 Å². The third-order valence-electron chi connectivity index (χ3n) is 5.35. The van der Waals surface area contributed by atoms with E-state index in [4.69, 9.17) is 11.6 Å². The summed E-state index contributed by atoms with van der Waals surface area (Å²) in [5.74, 6) is 1.74. The zero-order valence-electron chi connectivity index (χ0n) is 16.7. The molecule has 1 amide bonds. The van der Waals surface area contributed by atoms with Crippen molar-refractivity contribution in [3.63, 3.8) is 0 Å². The number of anilines is 1. The van der Waals surface area contributed by atoms with E-state index in [2.05, 4.69) is 20.3 Å². The number of benzene rings is 1. The summed E-state index contributed by atoms with van der Waals surface area (Å²) in [5, 5.41) is 3.19. The number of amidine groups is 1. The molecule has 0 saturated carbocycles. The van der Waals surface area contributed by atoms with Gasteiger partial charge in [-0.3, -0.25) is 9.79 Å². The van der Waals surface area contributed by atoms with Gasteiger partial charge >= 0.3 is 0 Å². The normalized spacial score (nSPS) is 16.6. The first-order valence-electron chi connectivity index (χ1n) is 10.1. The molecule has 0 aliphatic carbocycles. The van der Waals surface area contributed by atoms with Crippen molar-refractivity contribution in [1.29, 1.82) is 0 Å². The van der Waals surface area contributed by atoms with Crippen molar-refractivity contribution >= 4 is 29.2 Å². The van der Waals surface area contributed by atoms with Crippen LogP contribution in [0.2, 0.25) is 5.02 Å². The highest BCUT2D eigenvalue weighted by Crippen LogP contribution is 2.25. The molecule has 0 radical (unpaired) electrons. The molecule has 156 valence electrons. The number of rotatable bonds is 4. The second-order valence-corrected chi connectivity index (χ2v) is 8.01. The Morgan fingerprint density at radius 2 is 2.10 bits per heavy atom. The van der Waals surface area contributed by atoms with E-state index in [9.17, 15) is 9.18 Å². The minimum atomic E-state index is -0.652. The van der Waals surface area contributed by atoms with Crippen LogP contribution < -0.4 is 5.32 Å². The van der Waals surface area contributed by atoms with E-state index in [0.717, 1.165) is 42.4 Å². The van der Waals surface area contributed by atoms with Crippen molar-refractivity contribution in [3.05, 3.63) is 64.3 Å². The second-order valence-electron chi connectivity index (χ2n) is 7.61.